The number of amides is 2. The Hall–Kier alpha value is -4.63. The molecule has 2 heterocycles. The molecule has 0 bridgehead atoms. The lowest BCUT2D eigenvalue weighted by atomic mass is 9.55. The fraction of sp³-hybridized carbons (Fsp3) is 0.648. The Labute approximate surface area is 404 Å². The second kappa shape index (κ2) is 26.9. The number of aliphatic hydroxyl groups is 2. The molecule has 7 atom stereocenters. The molecule has 2 aromatic rings. The average molecular weight is 946 g/mol. The first kappa shape index (κ1) is 52.7. The Morgan fingerprint density at radius 3 is 2.34 bits per heavy atom. The molecule has 6 rings (SSSR count). The number of oxime groups is 1. The van der Waals surface area contributed by atoms with E-state index in [0.29, 0.717) is 66.7 Å². The number of nitrogens with one attached hydrogen (secondary N) is 1. The number of fused-ring (bicyclic) bond motifs is 2. The molecule has 7 unspecified atom stereocenters. The number of methoxy groups -OCH3 is 2. The van der Waals surface area contributed by atoms with Crippen LogP contribution in [0, 0.1) is 17.8 Å². The summed E-state index contributed by atoms with van der Waals surface area (Å²) in [5, 5.41) is 27.7. The summed E-state index contributed by atoms with van der Waals surface area (Å²) in [6.45, 7) is 7.20. The van der Waals surface area contributed by atoms with Gasteiger partial charge in [0.05, 0.1) is 44.8 Å². The maximum absolute atomic E-state index is 14.5. The molecule has 14 heteroatoms. The summed E-state index contributed by atoms with van der Waals surface area (Å²) < 4.78 is 37.3. The van der Waals surface area contributed by atoms with Gasteiger partial charge in [-0.2, -0.15) is 0 Å². The minimum atomic E-state index is -1.38. The smallest absolute Gasteiger partial charge is 0.417 e. The van der Waals surface area contributed by atoms with Gasteiger partial charge in [-0.05, 0) is 92.7 Å². The van der Waals surface area contributed by atoms with E-state index in [4.69, 9.17) is 38.4 Å². The van der Waals surface area contributed by atoms with Crippen LogP contribution in [0.4, 0.5) is 10.5 Å². The van der Waals surface area contributed by atoms with Gasteiger partial charge in [-0.1, -0.05) is 88.4 Å². The van der Waals surface area contributed by atoms with Crippen LogP contribution < -0.4 is 24.3 Å². The second-order valence-electron chi connectivity index (χ2n) is 18.8. The molecule has 0 spiro atoms. The highest BCUT2D eigenvalue weighted by Gasteiger charge is 2.65. The van der Waals surface area contributed by atoms with Crippen LogP contribution in [-0.2, 0) is 19.1 Å². The maximum atomic E-state index is 14.5. The highest BCUT2D eigenvalue weighted by atomic mass is 16.8. The Bertz CT molecular complexity index is 1980. The second-order valence-corrected chi connectivity index (χ2v) is 18.8. The zero-order chi connectivity index (χ0) is 48.3. The Balaban J connectivity index is 1.42. The van der Waals surface area contributed by atoms with Crippen LogP contribution in [0.3, 0.4) is 0 Å². The van der Waals surface area contributed by atoms with Crippen LogP contribution in [0.25, 0.3) is 0 Å². The molecule has 68 heavy (non-hydrogen) atoms. The molecule has 2 amide bonds. The van der Waals surface area contributed by atoms with Crippen LogP contribution in [0.1, 0.15) is 147 Å². The summed E-state index contributed by atoms with van der Waals surface area (Å²) in [4.78, 5) is 36.2. The van der Waals surface area contributed by atoms with E-state index in [9.17, 15) is 19.8 Å². The van der Waals surface area contributed by atoms with Crippen molar-refractivity contribution in [2.24, 2.45) is 22.9 Å². The quantitative estimate of drug-likeness (QED) is 0.0422. The molecule has 3 N–H and O–H groups in total. The van der Waals surface area contributed by atoms with E-state index in [-0.39, 0.29) is 43.5 Å². The standard InChI is InChI=1S/C54H79N3O11/c1-6-8-9-10-11-12-13-14-15-24-49(60)57(3)48-37-45(56-68-50-25-18-21-33-64-50)42-34-38(22-16-19-30-58)41(23-17-20-31-59)51-43-35-40(27-29-46(43)67-54(48,52(42)51)65-32-7-2)66-53(61)55-44-28-26-39(62-4)36-47(44)63-5/h7,26-29,34-36,38,41,48,50-52,58-59H,2,6,8-25,30-33,37H2,1,3-5H3,(H,55,61). The van der Waals surface area contributed by atoms with Gasteiger partial charge in [-0.3, -0.25) is 10.1 Å². The first-order valence-corrected chi connectivity index (χ1v) is 25.5. The normalized spacial score (nSPS) is 24.4. The molecule has 4 aliphatic rings. The van der Waals surface area contributed by atoms with Crippen LogP contribution in [0.15, 0.2) is 65.9 Å². The largest absolute Gasteiger partial charge is 0.497 e. The number of hydrogen-bond acceptors (Lipinski definition) is 12. The summed E-state index contributed by atoms with van der Waals surface area (Å²) in [7, 11) is 4.93. The minimum Gasteiger partial charge on any atom is -0.497 e. The number of unbranched alkanes of at least 4 members (excludes halogenated alkanes) is 10. The lowest BCUT2D eigenvalue weighted by Gasteiger charge is -2.59. The molecule has 14 nitrogen and oxygen atoms in total. The molecule has 1 saturated heterocycles. The average Bonchev–Trinajstić information content (AvgIpc) is 3.35. The van der Waals surface area contributed by atoms with E-state index >= 15 is 0 Å². The Morgan fingerprint density at radius 1 is 0.912 bits per heavy atom. The molecule has 2 fully saturated rings. The third kappa shape index (κ3) is 13.4. The van der Waals surface area contributed by atoms with Crippen molar-refractivity contribution in [2.45, 2.75) is 159 Å². The van der Waals surface area contributed by atoms with E-state index in [1.807, 2.05) is 24.1 Å². The lowest BCUT2D eigenvalue weighted by Crippen LogP contribution is -2.69. The van der Waals surface area contributed by atoms with Crippen molar-refractivity contribution in [2.75, 3.05) is 53.0 Å². The minimum absolute atomic E-state index is 0.00145. The highest BCUT2D eigenvalue weighted by molar-refractivity contribution is 6.03. The van der Waals surface area contributed by atoms with Gasteiger partial charge in [0.1, 0.15) is 29.0 Å². The summed E-state index contributed by atoms with van der Waals surface area (Å²) in [6.07, 6.45) is 21.0. The molecule has 2 aromatic carbocycles. The van der Waals surface area contributed by atoms with Crippen molar-refractivity contribution < 1.29 is 53.1 Å². The SMILES string of the molecule is C=CCOC12Oc3ccc(OC(=O)Nc4ccc(OC)cc4OC)cc3C3C(CCCCO)C(CCCCO)C=C(C(=NOC4CCCCO4)CC1N(C)C(=O)CCCCCCCCCCC)C32. The molecular formula is C54H79N3O11. The number of benzene rings is 2. The Kier molecular flexibility index (Phi) is 20.9. The van der Waals surface area contributed by atoms with Crippen molar-refractivity contribution in [3.8, 4) is 23.0 Å². The van der Waals surface area contributed by atoms with Crippen molar-refractivity contribution in [3.63, 3.8) is 0 Å². The molecular weight excluding hydrogens is 867 g/mol. The van der Waals surface area contributed by atoms with Crippen molar-refractivity contribution >= 4 is 23.4 Å². The number of likely N-dealkylation sites (N-methyl/N-ethyl adjacent to an activating group) is 1. The zero-order valence-corrected chi connectivity index (χ0v) is 41.2. The third-order valence-electron chi connectivity index (χ3n) is 14.3. The van der Waals surface area contributed by atoms with Crippen molar-refractivity contribution in [3.05, 3.63) is 66.3 Å². The summed E-state index contributed by atoms with van der Waals surface area (Å²) in [5.74, 6) is -0.238. The number of hydrogen-bond donors (Lipinski definition) is 3. The predicted molar refractivity (Wildman–Crippen MR) is 263 cm³/mol. The van der Waals surface area contributed by atoms with Gasteiger partial charge >= 0.3 is 6.09 Å². The van der Waals surface area contributed by atoms with E-state index in [0.717, 1.165) is 75.3 Å². The fourth-order valence-electron chi connectivity index (χ4n) is 10.8. The summed E-state index contributed by atoms with van der Waals surface area (Å²) in [5.41, 5.74) is 2.90. The van der Waals surface area contributed by atoms with Crippen LogP contribution in [0.5, 0.6) is 23.0 Å². The monoisotopic (exact) mass is 946 g/mol. The molecule has 0 aromatic heterocycles. The Morgan fingerprint density at radius 2 is 1.65 bits per heavy atom. The highest BCUT2D eigenvalue weighted by Crippen LogP contribution is 2.62. The van der Waals surface area contributed by atoms with Crippen LogP contribution in [0.2, 0.25) is 0 Å². The number of rotatable bonds is 28. The van der Waals surface area contributed by atoms with Gasteiger partial charge in [-0.25, -0.2) is 4.79 Å². The number of carbonyl (C=O) groups is 2. The maximum Gasteiger partial charge on any atom is 0.417 e. The molecule has 2 aliphatic carbocycles. The van der Waals surface area contributed by atoms with E-state index in [1.165, 1.54) is 45.6 Å². The molecule has 376 valence electrons. The first-order chi connectivity index (χ1) is 33.2. The van der Waals surface area contributed by atoms with Crippen LogP contribution >= 0.6 is 0 Å². The summed E-state index contributed by atoms with van der Waals surface area (Å²) in [6, 6.07) is 9.91. The molecule has 2 aliphatic heterocycles. The number of allylic oxidation sites excluding steroid dienone is 1. The number of ether oxygens (including phenoxy) is 6. The zero-order valence-electron chi connectivity index (χ0n) is 41.2. The molecule has 1 saturated carbocycles. The summed E-state index contributed by atoms with van der Waals surface area (Å²) >= 11 is 0. The van der Waals surface area contributed by atoms with Crippen molar-refractivity contribution in [1.29, 1.82) is 0 Å². The van der Waals surface area contributed by atoms with Gasteiger partial charge in [0.25, 0.3) is 0 Å². The number of nitrogens with zero attached hydrogens (tertiary/aromatic N) is 2. The number of anilines is 1. The predicted octanol–water partition coefficient (Wildman–Crippen LogP) is 10.9. The van der Waals surface area contributed by atoms with Gasteiger partial charge in [0, 0.05) is 57.1 Å². The van der Waals surface area contributed by atoms with Gasteiger partial charge in [-0.15, -0.1) is 6.58 Å². The first-order valence-electron chi connectivity index (χ1n) is 25.5. The molecule has 0 radical (unpaired) electrons. The fourth-order valence-corrected chi connectivity index (χ4v) is 10.8. The topological polar surface area (TPSA) is 167 Å². The van der Waals surface area contributed by atoms with E-state index in [1.54, 1.807) is 37.5 Å². The van der Waals surface area contributed by atoms with Crippen LogP contribution in [-0.4, -0.2) is 98.6 Å². The van der Waals surface area contributed by atoms with Crippen molar-refractivity contribution in [1.82, 2.24) is 4.90 Å². The van der Waals surface area contributed by atoms with Gasteiger partial charge in [0.15, 0.2) is 0 Å². The van der Waals surface area contributed by atoms with E-state index < -0.39 is 30.1 Å². The third-order valence-corrected chi connectivity index (χ3v) is 14.3. The van der Waals surface area contributed by atoms with Gasteiger partial charge in [0.2, 0.25) is 18.0 Å². The van der Waals surface area contributed by atoms with Gasteiger partial charge < -0.3 is 48.4 Å². The lowest BCUT2D eigenvalue weighted by molar-refractivity contribution is -0.256. The number of aliphatic hydroxyl groups excluding tert-OH is 2. The number of carbonyl (C=O) groups excluding carboxylic acids is 2. The van der Waals surface area contributed by atoms with E-state index in [2.05, 4.69) is 24.9 Å².